The summed E-state index contributed by atoms with van der Waals surface area (Å²) in [6.45, 7) is 6.95. The number of halogens is 1. The van der Waals surface area contributed by atoms with Gasteiger partial charge in [-0.25, -0.2) is 12.8 Å². The molecule has 0 atom stereocenters. The van der Waals surface area contributed by atoms with Gasteiger partial charge in [0.25, 0.3) is 5.91 Å². The minimum atomic E-state index is -4.05. The Bertz CT molecular complexity index is 997. The zero-order valence-electron chi connectivity index (χ0n) is 16.8. The Balaban J connectivity index is 1.98. The number of carbonyl (C=O) groups is 1. The van der Waals surface area contributed by atoms with Gasteiger partial charge in [-0.3, -0.25) is 4.79 Å². The molecule has 0 bridgehead atoms. The second-order valence-electron chi connectivity index (χ2n) is 7.06. The number of morpholine rings is 1. The monoisotopic (exact) mass is 420 g/mol. The highest BCUT2D eigenvalue weighted by molar-refractivity contribution is 7.89. The number of carbonyl (C=O) groups excluding carboxylic acids is 1. The molecule has 3 rings (SSSR count). The first-order valence-electron chi connectivity index (χ1n) is 9.51. The number of nitrogens with zero attached hydrogens (tertiary/aromatic N) is 2. The summed E-state index contributed by atoms with van der Waals surface area (Å²) in [5, 5.41) is 0. The van der Waals surface area contributed by atoms with Crippen molar-refractivity contribution in [3.63, 3.8) is 0 Å². The Morgan fingerprint density at radius 2 is 1.72 bits per heavy atom. The second kappa shape index (κ2) is 8.61. The van der Waals surface area contributed by atoms with Gasteiger partial charge in [-0.2, -0.15) is 4.31 Å². The predicted octanol–water partition coefficient (Wildman–Crippen LogP) is 3.13. The lowest BCUT2D eigenvalue weighted by Gasteiger charge is -2.26. The van der Waals surface area contributed by atoms with Crippen LogP contribution in [0, 0.1) is 19.7 Å². The molecule has 0 aliphatic carbocycles. The summed E-state index contributed by atoms with van der Waals surface area (Å²) in [4.78, 5) is 14.2. The molecule has 2 aromatic rings. The number of aryl methyl sites for hydroxylation is 2. The van der Waals surface area contributed by atoms with Crippen molar-refractivity contribution in [2.24, 2.45) is 0 Å². The molecule has 0 radical (unpaired) electrons. The van der Waals surface area contributed by atoms with Gasteiger partial charge in [-0.15, -0.1) is 0 Å². The van der Waals surface area contributed by atoms with Crippen LogP contribution in [0.15, 0.2) is 41.3 Å². The molecule has 1 heterocycles. The fourth-order valence-electron chi connectivity index (χ4n) is 3.47. The van der Waals surface area contributed by atoms with Crippen molar-refractivity contribution < 1.29 is 22.3 Å². The molecule has 0 N–H and O–H groups in total. The first-order valence-corrected chi connectivity index (χ1v) is 11.0. The number of benzene rings is 2. The third kappa shape index (κ3) is 4.49. The van der Waals surface area contributed by atoms with Crippen LogP contribution in [0.1, 0.15) is 28.4 Å². The van der Waals surface area contributed by atoms with Crippen molar-refractivity contribution in [1.82, 2.24) is 4.31 Å². The maximum absolute atomic E-state index is 14.4. The molecule has 0 saturated carbocycles. The zero-order chi connectivity index (χ0) is 21.2. The summed E-state index contributed by atoms with van der Waals surface area (Å²) in [5.74, 6) is -1.25. The van der Waals surface area contributed by atoms with Gasteiger partial charge in [-0.05, 0) is 62.2 Å². The van der Waals surface area contributed by atoms with Gasteiger partial charge >= 0.3 is 0 Å². The topological polar surface area (TPSA) is 66.9 Å². The Hall–Kier alpha value is -2.29. The Labute approximate surface area is 170 Å². The van der Waals surface area contributed by atoms with Gasteiger partial charge in [0.2, 0.25) is 10.0 Å². The molecular formula is C21H25FN2O4S. The fourth-order valence-corrected chi connectivity index (χ4v) is 4.96. The molecule has 0 spiro atoms. The summed E-state index contributed by atoms with van der Waals surface area (Å²) >= 11 is 0. The van der Waals surface area contributed by atoms with Crippen LogP contribution in [0.5, 0.6) is 0 Å². The molecule has 6 nitrogen and oxygen atoms in total. The highest BCUT2D eigenvalue weighted by atomic mass is 32.2. The summed E-state index contributed by atoms with van der Waals surface area (Å²) in [6, 6.07) is 9.28. The molecule has 1 amide bonds. The van der Waals surface area contributed by atoms with Crippen LogP contribution >= 0.6 is 0 Å². The normalized spacial score (nSPS) is 15.3. The van der Waals surface area contributed by atoms with E-state index in [1.54, 1.807) is 4.90 Å². The lowest BCUT2D eigenvalue weighted by molar-refractivity contribution is 0.0729. The first-order chi connectivity index (χ1) is 13.7. The Morgan fingerprint density at radius 1 is 1.10 bits per heavy atom. The standard InChI is InChI=1S/C21H25FN2O4S/c1-4-24(18-12-15(2)11-16(3)13-18)21(25)17-5-6-19(22)20(14-17)29(26,27)23-7-9-28-10-8-23/h5-6,11-14H,4,7-10H2,1-3H3. The van der Waals surface area contributed by atoms with Gasteiger partial charge in [0.15, 0.2) is 0 Å². The smallest absolute Gasteiger partial charge is 0.258 e. The molecular weight excluding hydrogens is 395 g/mol. The highest BCUT2D eigenvalue weighted by Crippen LogP contribution is 2.25. The predicted molar refractivity (Wildman–Crippen MR) is 109 cm³/mol. The fraction of sp³-hybridized carbons (Fsp3) is 0.381. The van der Waals surface area contributed by atoms with Crippen LogP contribution in [0.2, 0.25) is 0 Å². The average Bonchev–Trinajstić information content (AvgIpc) is 2.68. The number of hydrogen-bond acceptors (Lipinski definition) is 4. The van der Waals surface area contributed by atoms with Crippen LogP contribution in [0.3, 0.4) is 0 Å². The van der Waals surface area contributed by atoms with E-state index in [1.165, 1.54) is 10.4 Å². The first kappa shape index (κ1) is 21.4. The third-order valence-corrected chi connectivity index (χ3v) is 6.76. The number of amides is 1. The SMILES string of the molecule is CCN(C(=O)c1ccc(F)c(S(=O)(=O)N2CCOCC2)c1)c1cc(C)cc(C)c1. The summed E-state index contributed by atoms with van der Waals surface area (Å²) in [5.41, 5.74) is 2.87. The van der Waals surface area contributed by atoms with Gasteiger partial charge in [-0.1, -0.05) is 6.07 Å². The number of ether oxygens (including phenoxy) is 1. The largest absolute Gasteiger partial charge is 0.379 e. The van der Waals surface area contributed by atoms with Crippen LogP contribution in [0.4, 0.5) is 10.1 Å². The number of anilines is 1. The number of rotatable bonds is 5. The van der Waals surface area contributed by atoms with Crippen molar-refractivity contribution in [1.29, 1.82) is 0 Å². The molecule has 2 aromatic carbocycles. The maximum Gasteiger partial charge on any atom is 0.258 e. The lowest BCUT2D eigenvalue weighted by atomic mass is 10.1. The molecule has 1 aliphatic heterocycles. The van der Waals surface area contributed by atoms with Gasteiger partial charge in [0.1, 0.15) is 10.7 Å². The van der Waals surface area contributed by atoms with E-state index in [-0.39, 0.29) is 37.8 Å². The van der Waals surface area contributed by atoms with Gasteiger partial charge in [0, 0.05) is 30.9 Å². The summed E-state index contributed by atoms with van der Waals surface area (Å²) in [7, 11) is -4.05. The van der Waals surface area contributed by atoms with Crippen LogP contribution in [-0.2, 0) is 14.8 Å². The van der Waals surface area contributed by atoms with E-state index in [4.69, 9.17) is 4.74 Å². The van der Waals surface area contributed by atoms with E-state index in [0.717, 1.165) is 28.9 Å². The lowest BCUT2D eigenvalue weighted by Crippen LogP contribution is -2.41. The zero-order valence-corrected chi connectivity index (χ0v) is 17.6. The molecule has 8 heteroatoms. The van der Waals surface area contributed by atoms with Crippen LogP contribution in [0.25, 0.3) is 0 Å². The van der Waals surface area contributed by atoms with Crippen molar-refractivity contribution >= 4 is 21.6 Å². The molecule has 1 saturated heterocycles. The van der Waals surface area contributed by atoms with E-state index in [1.807, 2.05) is 39.0 Å². The molecule has 1 fully saturated rings. The van der Waals surface area contributed by atoms with E-state index in [0.29, 0.717) is 6.54 Å². The van der Waals surface area contributed by atoms with Crippen LogP contribution in [-0.4, -0.2) is 51.5 Å². The number of sulfonamides is 1. The van der Waals surface area contributed by atoms with E-state index in [2.05, 4.69) is 0 Å². The van der Waals surface area contributed by atoms with Crippen molar-refractivity contribution in [2.45, 2.75) is 25.7 Å². The van der Waals surface area contributed by atoms with E-state index >= 15 is 0 Å². The van der Waals surface area contributed by atoms with Crippen LogP contribution < -0.4 is 4.90 Å². The highest BCUT2D eigenvalue weighted by Gasteiger charge is 2.30. The maximum atomic E-state index is 14.4. The third-order valence-electron chi connectivity index (χ3n) is 4.85. The van der Waals surface area contributed by atoms with Crippen molar-refractivity contribution in [3.8, 4) is 0 Å². The number of hydrogen-bond donors (Lipinski definition) is 0. The van der Waals surface area contributed by atoms with Crippen molar-refractivity contribution in [3.05, 3.63) is 58.9 Å². The molecule has 156 valence electrons. The van der Waals surface area contributed by atoms with Gasteiger partial charge in [0.05, 0.1) is 13.2 Å². The Morgan fingerprint density at radius 3 is 2.31 bits per heavy atom. The summed E-state index contributed by atoms with van der Waals surface area (Å²) in [6.07, 6.45) is 0. The molecule has 1 aliphatic rings. The summed E-state index contributed by atoms with van der Waals surface area (Å²) < 4.78 is 46.6. The molecule has 0 unspecified atom stereocenters. The van der Waals surface area contributed by atoms with Crippen molar-refractivity contribution in [2.75, 3.05) is 37.7 Å². The molecule has 29 heavy (non-hydrogen) atoms. The Kier molecular flexibility index (Phi) is 6.36. The van der Waals surface area contributed by atoms with Gasteiger partial charge < -0.3 is 9.64 Å². The average molecular weight is 421 g/mol. The van der Waals surface area contributed by atoms with E-state index < -0.39 is 20.7 Å². The quantitative estimate of drug-likeness (QED) is 0.745. The second-order valence-corrected chi connectivity index (χ2v) is 8.96. The van der Waals surface area contributed by atoms with E-state index in [9.17, 15) is 17.6 Å². The molecule has 0 aromatic heterocycles. The minimum Gasteiger partial charge on any atom is -0.379 e. The minimum absolute atomic E-state index is 0.124.